The van der Waals surface area contributed by atoms with Crippen molar-refractivity contribution in [2.24, 2.45) is 0 Å². The van der Waals surface area contributed by atoms with E-state index in [0.29, 0.717) is 18.5 Å². The molecule has 28 heavy (non-hydrogen) atoms. The van der Waals surface area contributed by atoms with Gasteiger partial charge in [0.15, 0.2) is 5.82 Å². The second-order valence-electron chi connectivity index (χ2n) is 7.49. The molecule has 142 valence electrons. The number of carbonyl (C=O) groups excluding carboxylic acids is 1. The van der Waals surface area contributed by atoms with E-state index in [4.69, 9.17) is 0 Å². The van der Waals surface area contributed by atoms with E-state index in [1.807, 2.05) is 17.0 Å². The summed E-state index contributed by atoms with van der Waals surface area (Å²) in [6.45, 7) is 0.679. The third-order valence-corrected chi connectivity index (χ3v) is 5.71. The normalized spacial score (nSPS) is 20.7. The molecule has 0 aliphatic carbocycles. The van der Waals surface area contributed by atoms with E-state index in [1.165, 1.54) is 12.1 Å². The van der Waals surface area contributed by atoms with E-state index in [2.05, 4.69) is 19.7 Å². The number of hydrogen-bond donors (Lipinski definition) is 0. The maximum absolute atomic E-state index is 13.5. The van der Waals surface area contributed by atoms with Crippen LogP contribution in [-0.2, 0) is 24.2 Å². The molecule has 0 saturated carbocycles. The molecule has 2 aromatic heterocycles. The maximum atomic E-state index is 13.5. The fourth-order valence-corrected chi connectivity index (χ4v) is 4.47. The van der Waals surface area contributed by atoms with Crippen LogP contribution in [0.25, 0.3) is 11.4 Å². The van der Waals surface area contributed by atoms with Crippen LogP contribution in [0.4, 0.5) is 4.39 Å². The summed E-state index contributed by atoms with van der Waals surface area (Å²) in [5.74, 6) is 1.46. The topological polar surface area (TPSA) is 63.9 Å². The van der Waals surface area contributed by atoms with Gasteiger partial charge in [0.1, 0.15) is 11.6 Å². The number of aromatic nitrogens is 4. The molecule has 2 bridgehead atoms. The summed E-state index contributed by atoms with van der Waals surface area (Å²) in [7, 11) is 0. The van der Waals surface area contributed by atoms with E-state index in [1.54, 1.807) is 24.5 Å². The van der Waals surface area contributed by atoms with Gasteiger partial charge in [0.2, 0.25) is 5.91 Å². The van der Waals surface area contributed by atoms with Crippen LogP contribution in [-0.4, -0.2) is 42.6 Å². The Balaban J connectivity index is 1.42. The third-order valence-electron chi connectivity index (χ3n) is 5.71. The summed E-state index contributed by atoms with van der Waals surface area (Å²) in [4.78, 5) is 19.3. The van der Waals surface area contributed by atoms with E-state index in [0.717, 1.165) is 30.1 Å². The van der Waals surface area contributed by atoms with Crippen LogP contribution in [0.15, 0.2) is 48.8 Å². The van der Waals surface area contributed by atoms with Gasteiger partial charge in [-0.05, 0) is 42.7 Å². The largest absolute Gasteiger partial charge is 0.334 e. The van der Waals surface area contributed by atoms with E-state index < -0.39 is 0 Å². The highest BCUT2D eigenvalue weighted by Gasteiger charge is 2.41. The van der Waals surface area contributed by atoms with Gasteiger partial charge in [-0.2, -0.15) is 0 Å². The smallest absolute Gasteiger partial charge is 0.227 e. The fraction of sp³-hybridized carbons (Fsp3) is 0.333. The van der Waals surface area contributed by atoms with Gasteiger partial charge in [0, 0.05) is 37.0 Å². The van der Waals surface area contributed by atoms with Crippen LogP contribution in [0.5, 0.6) is 0 Å². The Kier molecular flexibility index (Phi) is 4.15. The van der Waals surface area contributed by atoms with E-state index >= 15 is 0 Å². The molecule has 3 aromatic rings. The lowest BCUT2D eigenvalue weighted by Crippen LogP contribution is -2.42. The SMILES string of the molecule is O=C(Cc1cccc(F)c1)N1[C@@H]2CC[C@H]1Cc1nnc(-c3cccnc3)n1C2. The first-order chi connectivity index (χ1) is 13.7. The van der Waals surface area contributed by atoms with Gasteiger partial charge in [-0.25, -0.2) is 4.39 Å². The number of amides is 1. The maximum Gasteiger partial charge on any atom is 0.227 e. The zero-order valence-electron chi connectivity index (χ0n) is 15.3. The number of nitrogens with zero attached hydrogens (tertiary/aromatic N) is 5. The minimum Gasteiger partial charge on any atom is -0.334 e. The molecule has 0 radical (unpaired) electrons. The molecule has 5 rings (SSSR count). The number of hydrogen-bond acceptors (Lipinski definition) is 4. The molecule has 1 saturated heterocycles. The summed E-state index contributed by atoms with van der Waals surface area (Å²) >= 11 is 0. The highest BCUT2D eigenvalue weighted by Crippen LogP contribution is 2.33. The molecule has 1 aromatic carbocycles. The Morgan fingerprint density at radius 2 is 2.04 bits per heavy atom. The summed E-state index contributed by atoms with van der Waals surface area (Å²) in [5.41, 5.74) is 1.64. The lowest BCUT2D eigenvalue weighted by atomic mass is 10.1. The van der Waals surface area contributed by atoms with Crippen molar-refractivity contribution in [3.63, 3.8) is 0 Å². The average Bonchev–Trinajstić information content (AvgIpc) is 3.22. The zero-order chi connectivity index (χ0) is 19.1. The lowest BCUT2D eigenvalue weighted by Gasteiger charge is -2.28. The Labute approximate surface area is 162 Å². The zero-order valence-corrected chi connectivity index (χ0v) is 15.3. The van der Waals surface area contributed by atoms with Gasteiger partial charge in [-0.1, -0.05) is 12.1 Å². The van der Waals surface area contributed by atoms with Crippen molar-refractivity contribution in [1.29, 1.82) is 0 Å². The second kappa shape index (κ2) is 6.82. The molecule has 1 amide bonds. The number of pyridine rings is 1. The van der Waals surface area contributed by atoms with Crippen molar-refractivity contribution in [2.75, 3.05) is 0 Å². The molecule has 0 unspecified atom stereocenters. The first kappa shape index (κ1) is 17.0. The third kappa shape index (κ3) is 2.96. The minimum atomic E-state index is -0.309. The van der Waals surface area contributed by atoms with Gasteiger partial charge in [-0.3, -0.25) is 9.78 Å². The van der Waals surface area contributed by atoms with Crippen molar-refractivity contribution in [2.45, 2.75) is 44.3 Å². The number of benzene rings is 1. The second-order valence-corrected chi connectivity index (χ2v) is 7.49. The molecule has 0 spiro atoms. The van der Waals surface area contributed by atoms with Gasteiger partial charge in [-0.15, -0.1) is 10.2 Å². The van der Waals surface area contributed by atoms with Crippen LogP contribution in [0, 0.1) is 5.82 Å². The van der Waals surface area contributed by atoms with Crippen LogP contribution in [0.2, 0.25) is 0 Å². The first-order valence-corrected chi connectivity index (χ1v) is 9.57. The molecule has 4 heterocycles. The number of carbonyl (C=O) groups is 1. The first-order valence-electron chi connectivity index (χ1n) is 9.57. The molecule has 2 aliphatic rings. The summed E-state index contributed by atoms with van der Waals surface area (Å²) in [6, 6.07) is 10.4. The monoisotopic (exact) mass is 377 g/mol. The molecule has 1 fully saturated rings. The quantitative estimate of drug-likeness (QED) is 0.704. The molecule has 2 atom stereocenters. The van der Waals surface area contributed by atoms with Gasteiger partial charge in [0.05, 0.1) is 12.5 Å². The Hall–Kier alpha value is -3.09. The molecule has 2 aliphatic heterocycles. The predicted octanol–water partition coefficient (Wildman–Crippen LogP) is 2.64. The number of rotatable bonds is 3. The van der Waals surface area contributed by atoms with Gasteiger partial charge < -0.3 is 9.47 Å². The van der Waals surface area contributed by atoms with Crippen LogP contribution < -0.4 is 0 Å². The highest BCUT2D eigenvalue weighted by molar-refractivity contribution is 5.80. The molecule has 6 nitrogen and oxygen atoms in total. The van der Waals surface area contributed by atoms with E-state index in [9.17, 15) is 9.18 Å². The Bertz CT molecular complexity index is 1020. The predicted molar refractivity (Wildman–Crippen MR) is 101 cm³/mol. The van der Waals surface area contributed by atoms with Crippen molar-refractivity contribution in [1.82, 2.24) is 24.6 Å². The summed E-state index contributed by atoms with van der Waals surface area (Å²) < 4.78 is 15.6. The standard InChI is InChI=1S/C21H20FN5O/c22-16-5-1-3-14(9-16)10-20(28)27-17-6-7-18(27)13-26-19(11-17)24-25-21(26)15-4-2-8-23-12-15/h1-5,8-9,12,17-18H,6-7,10-11,13H2/t17-,18+/m0/s1. The molecule has 7 heteroatoms. The summed E-state index contributed by atoms with van der Waals surface area (Å²) in [6.07, 6.45) is 6.36. The van der Waals surface area contributed by atoms with Gasteiger partial charge >= 0.3 is 0 Å². The number of fused-ring (bicyclic) bond motifs is 3. The highest BCUT2D eigenvalue weighted by atomic mass is 19.1. The lowest BCUT2D eigenvalue weighted by molar-refractivity contribution is -0.133. The molecular weight excluding hydrogens is 357 g/mol. The van der Waals surface area contributed by atoms with Crippen LogP contribution in [0.1, 0.15) is 24.2 Å². The van der Waals surface area contributed by atoms with Crippen LogP contribution >= 0.6 is 0 Å². The Morgan fingerprint density at radius 1 is 1.14 bits per heavy atom. The van der Waals surface area contributed by atoms with Crippen molar-refractivity contribution in [3.05, 3.63) is 66.0 Å². The van der Waals surface area contributed by atoms with Gasteiger partial charge in [0.25, 0.3) is 0 Å². The molecule has 0 N–H and O–H groups in total. The minimum absolute atomic E-state index is 0.0553. The fourth-order valence-electron chi connectivity index (χ4n) is 4.47. The van der Waals surface area contributed by atoms with Crippen molar-refractivity contribution < 1.29 is 9.18 Å². The average molecular weight is 377 g/mol. The van der Waals surface area contributed by atoms with Crippen LogP contribution in [0.3, 0.4) is 0 Å². The van der Waals surface area contributed by atoms with Crippen molar-refractivity contribution >= 4 is 5.91 Å². The number of halogens is 1. The van der Waals surface area contributed by atoms with E-state index in [-0.39, 0.29) is 30.2 Å². The van der Waals surface area contributed by atoms with Crippen molar-refractivity contribution in [3.8, 4) is 11.4 Å². The Morgan fingerprint density at radius 3 is 2.86 bits per heavy atom. The summed E-state index contributed by atoms with van der Waals surface area (Å²) in [5, 5.41) is 8.78. The molecular formula is C21H20FN5O.